The lowest BCUT2D eigenvalue weighted by atomic mass is 9.90. The Hall–Kier alpha value is -4.36. The second-order valence-electron chi connectivity index (χ2n) is 9.21. The number of carbonyl (C=O) groups excluding carboxylic acids is 2. The van der Waals surface area contributed by atoms with Gasteiger partial charge in [-0.25, -0.2) is 0 Å². The second kappa shape index (κ2) is 9.02. The van der Waals surface area contributed by atoms with Crippen molar-refractivity contribution < 1.29 is 14.5 Å². The van der Waals surface area contributed by atoms with Crippen molar-refractivity contribution in [3.05, 3.63) is 129 Å². The van der Waals surface area contributed by atoms with Gasteiger partial charge in [-0.15, -0.1) is 4.68 Å². The number of hydrogen-bond donors (Lipinski definition) is 0. The van der Waals surface area contributed by atoms with Gasteiger partial charge in [0, 0.05) is 40.8 Å². The van der Waals surface area contributed by atoms with E-state index in [1.54, 1.807) is 24.3 Å². The number of benzene rings is 3. The van der Waals surface area contributed by atoms with Gasteiger partial charge in [0.2, 0.25) is 17.3 Å². The molecular weight excluding hydrogens is 452 g/mol. The average molecular weight is 477 g/mol. The van der Waals surface area contributed by atoms with Gasteiger partial charge in [0.15, 0.2) is 5.69 Å². The van der Waals surface area contributed by atoms with Crippen molar-refractivity contribution in [1.82, 2.24) is 14.7 Å². The molecule has 0 saturated carbocycles. The lowest BCUT2D eigenvalue weighted by molar-refractivity contribution is -0.748. The largest absolute Gasteiger partial charge is 0.571 e. The zero-order valence-corrected chi connectivity index (χ0v) is 19.6. The molecule has 178 valence electrons. The number of fused-ring (bicyclic) bond motifs is 2. The van der Waals surface area contributed by atoms with Crippen LogP contribution >= 0.6 is 0 Å². The third-order valence-corrected chi connectivity index (χ3v) is 6.92. The molecule has 0 radical (unpaired) electrons. The first-order chi connectivity index (χ1) is 17.6. The van der Waals surface area contributed by atoms with Crippen LogP contribution in [-0.4, -0.2) is 39.3 Å². The maximum absolute atomic E-state index is 13.1. The van der Waals surface area contributed by atoms with E-state index in [0.717, 1.165) is 37.2 Å². The molecule has 0 N–H and O–H groups in total. The molecule has 0 saturated heterocycles. The van der Waals surface area contributed by atoms with Gasteiger partial charge in [0.25, 0.3) is 0 Å². The standard InChI is InChI=1S/C29H24N4O3/c34-28-24-8-4-5-9-25(24)29(35)27-26(28)30-33(36)32(27)19-21-10-12-22(13-11-21)23-14-16-31(17-15-23)18-20-6-2-1-3-7-20/h1-14H,15-19H2. The van der Waals surface area contributed by atoms with Gasteiger partial charge in [-0.3, -0.25) is 14.5 Å². The molecule has 7 nitrogen and oxygen atoms in total. The van der Waals surface area contributed by atoms with E-state index in [1.807, 2.05) is 18.2 Å². The van der Waals surface area contributed by atoms with E-state index in [-0.39, 0.29) is 29.3 Å². The summed E-state index contributed by atoms with van der Waals surface area (Å²) in [4.78, 5) is 28.7. The van der Waals surface area contributed by atoms with Crippen LogP contribution in [-0.2, 0) is 13.1 Å². The van der Waals surface area contributed by atoms with E-state index in [2.05, 4.69) is 52.5 Å². The number of nitrogens with zero attached hydrogens (tertiary/aromatic N) is 4. The summed E-state index contributed by atoms with van der Waals surface area (Å²) in [5.74, 6) is -0.754. The Kier molecular flexibility index (Phi) is 5.54. The average Bonchev–Trinajstić information content (AvgIpc) is 3.25. The van der Waals surface area contributed by atoms with Crippen LogP contribution in [0.15, 0.2) is 84.9 Å². The Morgan fingerprint density at radius 1 is 0.806 bits per heavy atom. The summed E-state index contributed by atoms with van der Waals surface area (Å²) in [7, 11) is 0. The van der Waals surface area contributed by atoms with E-state index in [9.17, 15) is 14.8 Å². The predicted molar refractivity (Wildman–Crippen MR) is 134 cm³/mol. The number of ketones is 2. The summed E-state index contributed by atoms with van der Waals surface area (Å²) < 4.78 is 1.24. The van der Waals surface area contributed by atoms with E-state index < -0.39 is 5.78 Å². The summed E-state index contributed by atoms with van der Waals surface area (Å²) in [5.41, 5.74) is 5.18. The Bertz CT molecular complexity index is 1500. The summed E-state index contributed by atoms with van der Waals surface area (Å²) in [6.07, 6.45) is 3.25. The third kappa shape index (κ3) is 3.93. The summed E-state index contributed by atoms with van der Waals surface area (Å²) in [5, 5.41) is 16.4. The van der Waals surface area contributed by atoms with Gasteiger partial charge in [0.05, 0.1) is 0 Å². The van der Waals surface area contributed by atoms with E-state index in [1.165, 1.54) is 15.8 Å². The van der Waals surface area contributed by atoms with E-state index in [0.29, 0.717) is 10.5 Å². The third-order valence-electron chi connectivity index (χ3n) is 6.92. The highest BCUT2D eigenvalue weighted by Gasteiger charge is 2.39. The predicted octanol–water partition coefficient (Wildman–Crippen LogP) is 3.63. The van der Waals surface area contributed by atoms with Crippen molar-refractivity contribution in [2.24, 2.45) is 0 Å². The van der Waals surface area contributed by atoms with Gasteiger partial charge in [-0.2, -0.15) is 0 Å². The van der Waals surface area contributed by atoms with Crippen LogP contribution in [0.5, 0.6) is 0 Å². The molecule has 2 heterocycles. The molecule has 1 aromatic heterocycles. The Balaban J connectivity index is 1.19. The molecule has 0 spiro atoms. The molecular formula is C29H24N4O3. The SMILES string of the molecule is O=C1c2ccccc2C(=O)c2c1n[n+]([O-])n2Cc1ccc(C2=CCN(Cc3ccccc3)CC2)cc1. The van der Waals surface area contributed by atoms with Crippen molar-refractivity contribution in [2.45, 2.75) is 19.5 Å². The lowest BCUT2D eigenvalue weighted by Crippen LogP contribution is -2.41. The first-order valence-corrected chi connectivity index (χ1v) is 12.0. The first-order valence-electron chi connectivity index (χ1n) is 12.0. The molecule has 0 unspecified atom stereocenters. The quantitative estimate of drug-likeness (QED) is 0.286. The Morgan fingerprint density at radius 2 is 1.47 bits per heavy atom. The molecule has 36 heavy (non-hydrogen) atoms. The molecule has 0 amide bonds. The minimum absolute atomic E-state index is 0.0475. The fourth-order valence-corrected chi connectivity index (χ4v) is 5.00. The van der Waals surface area contributed by atoms with Crippen LogP contribution in [0.1, 0.15) is 55.2 Å². The summed E-state index contributed by atoms with van der Waals surface area (Å²) in [6, 6.07) is 25.1. The van der Waals surface area contributed by atoms with Gasteiger partial charge >= 0.3 is 0 Å². The van der Waals surface area contributed by atoms with E-state index >= 15 is 0 Å². The van der Waals surface area contributed by atoms with Gasteiger partial charge < -0.3 is 5.21 Å². The molecule has 0 fully saturated rings. The van der Waals surface area contributed by atoms with Gasteiger partial charge in [-0.05, 0) is 28.7 Å². The molecule has 0 atom stereocenters. The zero-order valence-electron chi connectivity index (χ0n) is 19.6. The van der Waals surface area contributed by atoms with Gasteiger partial charge in [0.1, 0.15) is 6.54 Å². The van der Waals surface area contributed by atoms with Crippen LogP contribution in [0.2, 0.25) is 0 Å². The maximum atomic E-state index is 13.1. The van der Waals surface area contributed by atoms with Crippen LogP contribution in [0.4, 0.5) is 0 Å². The topological polar surface area (TPSA) is 82.1 Å². The highest BCUT2D eigenvalue weighted by molar-refractivity contribution is 6.26. The van der Waals surface area contributed by atoms with Crippen LogP contribution < -0.4 is 4.96 Å². The fourth-order valence-electron chi connectivity index (χ4n) is 5.00. The molecule has 6 rings (SSSR count). The molecule has 4 aromatic rings. The Morgan fingerprint density at radius 3 is 2.17 bits per heavy atom. The summed E-state index contributed by atoms with van der Waals surface area (Å²) in [6.45, 7) is 3.00. The molecule has 2 aliphatic rings. The van der Waals surface area contributed by atoms with Gasteiger partial charge in [-0.1, -0.05) is 84.9 Å². The fraction of sp³-hybridized carbons (Fsp3) is 0.172. The molecule has 1 aliphatic carbocycles. The van der Waals surface area contributed by atoms with Crippen molar-refractivity contribution in [2.75, 3.05) is 13.1 Å². The summed E-state index contributed by atoms with van der Waals surface area (Å²) >= 11 is 0. The second-order valence-corrected chi connectivity index (χ2v) is 9.21. The van der Waals surface area contributed by atoms with Crippen LogP contribution in [0.25, 0.3) is 5.57 Å². The normalized spacial score (nSPS) is 15.4. The highest BCUT2D eigenvalue weighted by Crippen LogP contribution is 2.27. The minimum atomic E-state index is -0.399. The van der Waals surface area contributed by atoms with Crippen molar-refractivity contribution >= 4 is 17.1 Å². The van der Waals surface area contributed by atoms with Crippen LogP contribution in [0.3, 0.4) is 0 Å². The zero-order chi connectivity index (χ0) is 24.6. The lowest BCUT2D eigenvalue weighted by Gasteiger charge is -2.26. The molecule has 7 heteroatoms. The van der Waals surface area contributed by atoms with E-state index in [4.69, 9.17) is 0 Å². The minimum Gasteiger partial charge on any atom is -0.571 e. The highest BCUT2D eigenvalue weighted by atomic mass is 16.5. The Labute approximate surface area is 208 Å². The number of carbonyl (C=O) groups is 2. The van der Waals surface area contributed by atoms with Crippen molar-refractivity contribution in [3.8, 4) is 0 Å². The molecule has 0 bridgehead atoms. The first kappa shape index (κ1) is 22.1. The number of hydrogen-bond acceptors (Lipinski definition) is 5. The van der Waals surface area contributed by atoms with Crippen LogP contribution in [0, 0.1) is 5.21 Å². The monoisotopic (exact) mass is 476 g/mol. The smallest absolute Gasteiger partial charge is 0.220 e. The molecule has 3 aromatic carbocycles. The number of rotatable bonds is 5. The van der Waals surface area contributed by atoms with Crippen molar-refractivity contribution in [1.29, 1.82) is 0 Å². The maximum Gasteiger partial charge on any atom is 0.220 e. The number of aromatic nitrogens is 3. The van der Waals surface area contributed by atoms with Crippen molar-refractivity contribution in [3.63, 3.8) is 0 Å². The molecule has 1 aliphatic heterocycles.